The van der Waals surface area contributed by atoms with Crippen molar-refractivity contribution in [2.24, 2.45) is 0 Å². The molecule has 2 aliphatic heterocycles. The van der Waals surface area contributed by atoms with Gasteiger partial charge in [0.05, 0.1) is 12.1 Å². The van der Waals surface area contributed by atoms with E-state index in [-0.39, 0.29) is 37.6 Å². The normalized spacial score (nSPS) is 28.4. The lowest BCUT2D eigenvalue weighted by Crippen LogP contribution is -2.45. The molecule has 108 valence electrons. The number of alkyl halides is 3. The maximum absolute atomic E-state index is 12.5. The highest BCUT2D eigenvalue weighted by Crippen LogP contribution is 2.30. The first kappa shape index (κ1) is 14.3. The molecule has 0 spiro atoms. The molecule has 7 heteroatoms. The molecule has 4 nitrogen and oxygen atoms in total. The summed E-state index contributed by atoms with van der Waals surface area (Å²) in [5.74, 6) is -0.142. The van der Waals surface area contributed by atoms with Gasteiger partial charge in [0.2, 0.25) is 5.91 Å². The monoisotopic (exact) mass is 278 g/mol. The van der Waals surface area contributed by atoms with Crippen molar-refractivity contribution < 1.29 is 22.7 Å². The molecule has 0 radical (unpaired) electrons. The van der Waals surface area contributed by atoms with Crippen LogP contribution in [0, 0.1) is 0 Å². The first-order valence-corrected chi connectivity index (χ1v) is 6.23. The Balaban J connectivity index is 1.91. The molecule has 0 bridgehead atoms. The van der Waals surface area contributed by atoms with E-state index in [0.717, 1.165) is 6.08 Å². The summed E-state index contributed by atoms with van der Waals surface area (Å²) in [5, 5.41) is 3.04. The zero-order chi connectivity index (χ0) is 14.0. The highest BCUT2D eigenvalue weighted by Gasteiger charge is 2.37. The maximum Gasteiger partial charge on any atom is 0.412 e. The van der Waals surface area contributed by atoms with Gasteiger partial charge in [0.1, 0.15) is 0 Å². The van der Waals surface area contributed by atoms with Crippen LogP contribution in [0.2, 0.25) is 0 Å². The summed E-state index contributed by atoms with van der Waals surface area (Å²) >= 11 is 0. The largest absolute Gasteiger partial charge is 0.412 e. The van der Waals surface area contributed by atoms with E-state index in [1.165, 1.54) is 4.90 Å². The summed E-state index contributed by atoms with van der Waals surface area (Å²) < 4.78 is 42.5. The number of rotatable bonds is 2. The molecule has 1 N–H and O–H groups in total. The number of nitrogens with zero attached hydrogens (tertiary/aromatic N) is 1. The summed E-state index contributed by atoms with van der Waals surface area (Å²) in [4.78, 5) is 13.6. The van der Waals surface area contributed by atoms with Gasteiger partial charge in [-0.1, -0.05) is 6.08 Å². The molecular weight excluding hydrogens is 261 g/mol. The van der Waals surface area contributed by atoms with Crippen LogP contribution in [0.25, 0.3) is 0 Å². The number of carbonyl (C=O) groups excluding carboxylic acids is 1. The van der Waals surface area contributed by atoms with E-state index in [9.17, 15) is 18.0 Å². The molecule has 19 heavy (non-hydrogen) atoms. The summed E-state index contributed by atoms with van der Waals surface area (Å²) in [6.07, 6.45) is -2.73. The Bertz CT molecular complexity index is 382. The topological polar surface area (TPSA) is 41.6 Å². The fraction of sp³-hybridized carbons (Fsp3) is 0.750. The average molecular weight is 278 g/mol. The van der Waals surface area contributed by atoms with Gasteiger partial charge in [0, 0.05) is 32.3 Å². The van der Waals surface area contributed by atoms with Crippen LogP contribution in [0.3, 0.4) is 0 Å². The Kier molecular flexibility index (Phi) is 4.15. The van der Waals surface area contributed by atoms with Crippen molar-refractivity contribution in [2.75, 3.05) is 26.7 Å². The molecule has 0 aromatic rings. The number of methoxy groups -OCH3 is 1. The number of hydrogen-bond acceptors (Lipinski definition) is 3. The van der Waals surface area contributed by atoms with Gasteiger partial charge in [-0.3, -0.25) is 4.79 Å². The van der Waals surface area contributed by atoms with E-state index >= 15 is 0 Å². The maximum atomic E-state index is 12.5. The molecule has 0 aliphatic carbocycles. The van der Waals surface area contributed by atoms with Crippen molar-refractivity contribution in [2.45, 2.75) is 31.2 Å². The van der Waals surface area contributed by atoms with Crippen LogP contribution >= 0.6 is 0 Å². The van der Waals surface area contributed by atoms with Crippen LogP contribution in [-0.2, 0) is 9.53 Å². The van der Waals surface area contributed by atoms with Crippen LogP contribution in [0.15, 0.2) is 11.6 Å². The Hall–Kier alpha value is -1.08. The lowest BCUT2D eigenvalue weighted by Gasteiger charge is -2.29. The Morgan fingerprint density at radius 3 is 2.74 bits per heavy atom. The smallest absolute Gasteiger partial charge is 0.380 e. The molecule has 1 amide bonds. The van der Waals surface area contributed by atoms with Crippen molar-refractivity contribution in [3.05, 3.63) is 11.6 Å². The molecule has 2 rings (SSSR count). The summed E-state index contributed by atoms with van der Waals surface area (Å²) in [7, 11) is 1.58. The van der Waals surface area contributed by atoms with E-state index in [2.05, 4.69) is 5.32 Å². The second-order valence-corrected chi connectivity index (χ2v) is 4.82. The molecule has 2 unspecified atom stereocenters. The van der Waals surface area contributed by atoms with E-state index in [4.69, 9.17) is 4.74 Å². The van der Waals surface area contributed by atoms with E-state index < -0.39 is 11.7 Å². The number of nitrogens with one attached hydrogen (secondary N) is 1. The van der Waals surface area contributed by atoms with E-state index in [0.29, 0.717) is 13.0 Å². The van der Waals surface area contributed by atoms with Gasteiger partial charge < -0.3 is 15.0 Å². The second kappa shape index (κ2) is 5.50. The predicted octanol–water partition coefficient (Wildman–Crippen LogP) is 1.08. The van der Waals surface area contributed by atoms with Crippen molar-refractivity contribution >= 4 is 5.91 Å². The van der Waals surface area contributed by atoms with Gasteiger partial charge in [-0.05, 0) is 12.8 Å². The number of carbonyl (C=O) groups is 1. The summed E-state index contributed by atoms with van der Waals surface area (Å²) in [5.41, 5.74) is -0.536. The SMILES string of the molecule is COC1CNC(C(=O)N2CC=C(C(F)(F)F)CC2)C1. The molecule has 2 heterocycles. The van der Waals surface area contributed by atoms with Crippen molar-refractivity contribution in [3.63, 3.8) is 0 Å². The first-order chi connectivity index (χ1) is 8.91. The number of ether oxygens (including phenoxy) is 1. The molecule has 0 saturated carbocycles. The van der Waals surface area contributed by atoms with Crippen LogP contribution in [-0.4, -0.2) is 55.9 Å². The third kappa shape index (κ3) is 3.27. The molecule has 1 fully saturated rings. The van der Waals surface area contributed by atoms with E-state index in [1.807, 2.05) is 0 Å². The number of hydrogen-bond donors (Lipinski definition) is 1. The standard InChI is InChI=1S/C12H17F3N2O2/c1-19-9-6-10(16-7-9)11(18)17-4-2-8(3-5-17)12(13,14)15/h2,9-10,16H,3-7H2,1H3. The summed E-state index contributed by atoms with van der Waals surface area (Å²) in [6, 6.07) is -0.342. The molecular formula is C12H17F3N2O2. The third-order valence-electron chi connectivity index (χ3n) is 3.61. The molecule has 2 atom stereocenters. The zero-order valence-electron chi connectivity index (χ0n) is 10.7. The first-order valence-electron chi connectivity index (χ1n) is 6.23. The predicted molar refractivity (Wildman–Crippen MR) is 62.5 cm³/mol. The van der Waals surface area contributed by atoms with Gasteiger partial charge >= 0.3 is 6.18 Å². The van der Waals surface area contributed by atoms with Gasteiger partial charge in [-0.2, -0.15) is 13.2 Å². The van der Waals surface area contributed by atoms with Crippen LogP contribution in [0.1, 0.15) is 12.8 Å². The second-order valence-electron chi connectivity index (χ2n) is 4.82. The van der Waals surface area contributed by atoms with Gasteiger partial charge in [0.25, 0.3) is 0 Å². The van der Waals surface area contributed by atoms with Crippen molar-refractivity contribution in [3.8, 4) is 0 Å². The number of halogens is 3. The molecule has 0 aromatic carbocycles. The van der Waals surface area contributed by atoms with Crippen LogP contribution in [0.4, 0.5) is 13.2 Å². The fourth-order valence-electron chi connectivity index (χ4n) is 2.42. The van der Waals surface area contributed by atoms with Crippen LogP contribution < -0.4 is 5.32 Å². The van der Waals surface area contributed by atoms with Crippen LogP contribution in [0.5, 0.6) is 0 Å². The fourth-order valence-corrected chi connectivity index (χ4v) is 2.42. The number of amides is 1. The highest BCUT2D eigenvalue weighted by molar-refractivity contribution is 5.82. The molecule has 0 aromatic heterocycles. The minimum Gasteiger partial charge on any atom is -0.380 e. The van der Waals surface area contributed by atoms with Gasteiger partial charge in [-0.25, -0.2) is 0 Å². The lowest BCUT2D eigenvalue weighted by atomic mass is 10.1. The van der Waals surface area contributed by atoms with Gasteiger partial charge in [0.15, 0.2) is 0 Å². The lowest BCUT2D eigenvalue weighted by molar-refractivity contribution is -0.134. The Morgan fingerprint density at radius 2 is 2.26 bits per heavy atom. The Morgan fingerprint density at radius 1 is 1.53 bits per heavy atom. The minimum atomic E-state index is -4.28. The van der Waals surface area contributed by atoms with Crippen molar-refractivity contribution in [1.82, 2.24) is 10.2 Å². The molecule has 2 aliphatic rings. The minimum absolute atomic E-state index is 0.0000174. The quantitative estimate of drug-likeness (QED) is 0.769. The Labute approximate surface area is 109 Å². The van der Waals surface area contributed by atoms with E-state index in [1.54, 1.807) is 7.11 Å². The van der Waals surface area contributed by atoms with Crippen molar-refractivity contribution in [1.29, 1.82) is 0 Å². The average Bonchev–Trinajstić information content (AvgIpc) is 2.86. The molecule has 1 saturated heterocycles. The highest BCUT2D eigenvalue weighted by atomic mass is 19.4. The zero-order valence-corrected chi connectivity index (χ0v) is 10.7. The third-order valence-corrected chi connectivity index (χ3v) is 3.61. The summed E-state index contributed by atoms with van der Waals surface area (Å²) in [6.45, 7) is 0.758. The van der Waals surface area contributed by atoms with Gasteiger partial charge in [-0.15, -0.1) is 0 Å².